The number of nitrogens with zero attached hydrogens (tertiary/aromatic N) is 3. The molecule has 0 atom stereocenters. The highest BCUT2D eigenvalue weighted by molar-refractivity contribution is 6.04. The largest absolute Gasteiger partial charge is 0.424 e. The Morgan fingerprint density at radius 1 is 0.938 bits per heavy atom. The molecule has 160 valence electrons. The molecule has 32 heavy (non-hydrogen) atoms. The number of benzene rings is 2. The van der Waals surface area contributed by atoms with Gasteiger partial charge < -0.3 is 10.1 Å². The van der Waals surface area contributed by atoms with E-state index in [-0.39, 0.29) is 11.7 Å². The minimum absolute atomic E-state index is 0.130. The third-order valence-corrected chi connectivity index (χ3v) is 4.37. The number of halogens is 3. The minimum atomic E-state index is -4.68. The molecule has 4 rings (SSSR count). The van der Waals surface area contributed by atoms with Crippen molar-refractivity contribution < 1.29 is 22.7 Å². The Kier molecular flexibility index (Phi) is 5.80. The SMILES string of the molecule is O=C(Nc1ccc(C(F)(F)F)c(Oc2nccc(-c3cccnc3)n2)c1)c1ccccc1. The Labute approximate surface area is 180 Å². The molecule has 0 unspecified atom stereocenters. The highest BCUT2D eigenvalue weighted by Crippen LogP contribution is 2.39. The number of ether oxygens (including phenoxy) is 1. The highest BCUT2D eigenvalue weighted by atomic mass is 19.4. The van der Waals surface area contributed by atoms with Crippen LogP contribution in [0, 0.1) is 0 Å². The molecule has 4 aromatic rings. The van der Waals surface area contributed by atoms with Crippen molar-refractivity contribution in [1.29, 1.82) is 0 Å². The number of alkyl halides is 3. The molecule has 0 saturated carbocycles. The summed E-state index contributed by atoms with van der Waals surface area (Å²) in [6.07, 6.45) is -0.156. The summed E-state index contributed by atoms with van der Waals surface area (Å²) in [4.78, 5) is 24.4. The number of hydrogen-bond acceptors (Lipinski definition) is 5. The standard InChI is InChI=1S/C23H15F3N4O2/c24-23(25,26)18-9-8-17(29-21(31)15-5-2-1-3-6-15)13-20(18)32-22-28-12-10-19(30-22)16-7-4-11-27-14-16/h1-14H,(H,29,31). The number of rotatable bonds is 5. The summed E-state index contributed by atoms with van der Waals surface area (Å²) in [6.45, 7) is 0. The van der Waals surface area contributed by atoms with Crippen LogP contribution in [0.5, 0.6) is 11.8 Å². The smallest absolute Gasteiger partial charge is 0.419 e. The second-order valence-electron chi connectivity index (χ2n) is 6.60. The number of carbonyl (C=O) groups excluding carboxylic acids is 1. The minimum Gasteiger partial charge on any atom is -0.424 e. The summed E-state index contributed by atoms with van der Waals surface area (Å²) >= 11 is 0. The Balaban J connectivity index is 1.65. The average Bonchev–Trinajstić information content (AvgIpc) is 2.80. The number of aromatic nitrogens is 3. The predicted molar refractivity (Wildman–Crippen MR) is 111 cm³/mol. The summed E-state index contributed by atoms with van der Waals surface area (Å²) in [5.41, 5.74) is 0.558. The summed E-state index contributed by atoms with van der Waals surface area (Å²) in [7, 11) is 0. The first-order valence-corrected chi connectivity index (χ1v) is 9.39. The third-order valence-electron chi connectivity index (χ3n) is 4.37. The van der Waals surface area contributed by atoms with Crippen molar-refractivity contribution in [3.63, 3.8) is 0 Å². The monoisotopic (exact) mass is 436 g/mol. The zero-order valence-corrected chi connectivity index (χ0v) is 16.4. The number of pyridine rings is 1. The van der Waals surface area contributed by atoms with E-state index in [1.807, 2.05) is 0 Å². The number of nitrogens with one attached hydrogen (secondary N) is 1. The van der Waals surface area contributed by atoms with Crippen LogP contribution in [0.15, 0.2) is 85.3 Å². The van der Waals surface area contributed by atoms with Crippen LogP contribution >= 0.6 is 0 Å². The normalized spacial score (nSPS) is 11.1. The van der Waals surface area contributed by atoms with Gasteiger partial charge in [-0.3, -0.25) is 9.78 Å². The van der Waals surface area contributed by atoms with E-state index in [9.17, 15) is 18.0 Å². The van der Waals surface area contributed by atoms with Crippen molar-refractivity contribution in [2.24, 2.45) is 0 Å². The fraction of sp³-hybridized carbons (Fsp3) is 0.0435. The molecule has 0 fully saturated rings. The molecule has 0 radical (unpaired) electrons. The maximum absolute atomic E-state index is 13.5. The Morgan fingerprint density at radius 3 is 2.47 bits per heavy atom. The van der Waals surface area contributed by atoms with Crippen molar-refractivity contribution in [3.05, 3.63) is 96.4 Å². The van der Waals surface area contributed by atoms with Gasteiger partial charge in [0.05, 0.1) is 11.3 Å². The van der Waals surface area contributed by atoms with Gasteiger partial charge in [-0.15, -0.1) is 0 Å². The summed E-state index contributed by atoms with van der Waals surface area (Å²) in [5, 5.41) is 2.56. The van der Waals surface area contributed by atoms with Gasteiger partial charge in [-0.05, 0) is 42.5 Å². The van der Waals surface area contributed by atoms with Gasteiger partial charge >= 0.3 is 12.2 Å². The lowest BCUT2D eigenvalue weighted by molar-refractivity contribution is -0.138. The van der Waals surface area contributed by atoms with Crippen LogP contribution in [0.4, 0.5) is 18.9 Å². The number of amides is 1. The molecular weight excluding hydrogens is 421 g/mol. The lowest BCUT2D eigenvalue weighted by atomic mass is 10.1. The van der Waals surface area contributed by atoms with Gasteiger partial charge in [0.2, 0.25) is 0 Å². The molecule has 1 amide bonds. The van der Waals surface area contributed by atoms with Crippen LogP contribution in [0.2, 0.25) is 0 Å². The van der Waals surface area contributed by atoms with Gasteiger partial charge in [0.25, 0.3) is 5.91 Å². The van der Waals surface area contributed by atoms with Gasteiger partial charge in [0.1, 0.15) is 5.75 Å². The lowest BCUT2D eigenvalue weighted by Crippen LogP contribution is -2.13. The number of anilines is 1. The van der Waals surface area contributed by atoms with Crippen LogP contribution in [0.25, 0.3) is 11.3 Å². The lowest BCUT2D eigenvalue weighted by Gasteiger charge is -2.15. The van der Waals surface area contributed by atoms with Gasteiger partial charge in [0.15, 0.2) is 0 Å². The molecule has 2 aromatic carbocycles. The van der Waals surface area contributed by atoms with Gasteiger partial charge in [-0.1, -0.05) is 18.2 Å². The van der Waals surface area contributed by atoms with Crippen molar-refractivity contribution in [2.45, 2.75) is 6.18 Å². The van der Waals surface area contributed by atoms with Crippen molar-refractivity contribution in [1.82, 2.24) is 15.0 Å². The quantitative estimate of drug-likeness (QED) is 0.441. The molecule has 9 heteroatoms. The first-order valence-electron chi connectivity index (χ1n) is 9.39. The van der Waals surface area contributed by atoms with E-state index in [0.717, 1.165) is 18.2 Å². The van der Waals surface area contributed by atoms with Crippen LogP contribution in [0.1, 0.15) is 15.9 Å². The topological polar surface area (TPSA) is 77.0 Å². The van der Waals surface area contributed by atoms with E-state index >= 15 is 0 Å². The van der Waals surface area contributed by atoms with Crippen LogP contribution in [-0.4, -0.2) is 20.9 Å². The van der Waals surface area contributed by atoms with Crippen LogP contribution in [-0.2, 0) is 6.18 Å². The van der Waals surface area contributed by atoms with E-state index in [2.05, 4.69) is 20.3 Å². The summed E-state index contributed by atoms with van der Waals surface area (Å²) in [6, 6.07) is 16.1. The molecule has 2 aromatic heterocycles. The highest BCUT2D eigenvalue weighted by Gasteiger charge is 2.35. The van der Waals surface area contributed by atoms with Crippen LogP contribution < -0.4 is 10.1 Å². The van der Waals surface area contributed by atoms with Gasteiger partial charge in [-0.25, -0.2) is 4.98 Å². The van der Waals surface area contributed by atoms with Crippen molar-refractivity contribution in [3.8, 4) is 23.0 Å². The second-order valence-corrected chi connectivity index (χ2v) is 6.60. The van der Waals surface area contributed by atoms with E-state index in [1.54, 1.807) is 60.9 Å². The molecule has 0 spiro atoms. The van der Waals surface area contributed by atoms with Crippen molar-refractivity contribution >= 4 is 11.6 Å². The van der Waals surface area contributed by atoms with Crippen molar-refractivity contribution in [2.75, 3.05) is 5.32 Å². The fourth-order valence-corrected chi connectivity index (χ4v) is 2.87. The van der Waals surface area contributed by atoms with Gasteiger partial charge in [0, 0.05) is 41.5 Å². The average molecular weight is 436 g/mol. The Bertz CT molecular complexity index is 1230. The summed E-state index contributed by atoms with van der Waals surface area (Å²) < 4.78 is 46.0. The Hall–Kier alpha value is -4.27. The van der Waals surface area contributed by atoms with Crippen LogP contribution in [0.3, 0.4) is 0 Å². The maximum atomic E-state index is 13.5. The van der Waals surface area contributed by atoms with E-state index < -0.39 is 23.4 Å². The molecule has 0 aliphatic rings. The number of carbonyl (C=O) groups is 1. The third kappa shape index (κ3) is 4.89. The second kappa shape index (κ2) is 8.84. The maximum Gasteiger partial charge on any atom is 0.419 e. The van der Waals surface area contributed by atoms with E-state index in [1.165, 1.54) is 6.20 Å². The molecule has 2 heterocycles. The zero-order chi connectivity index (χ0) is 22.6. The first-order chi connectivity index (χ1) is 15.4. The Morgan fingerprint density at radius 2 is 1.75 bits per heavy atom. The predicted octanol–water partition coefficient (Wildman–Crippen LogP) is 5.60. The zero-order valence-electron chi connectivity index (χ0n) is 16.4. The molecule has 0 aliphatic heterocycles. The van der Waals surface area contributed by atoms with E-state index in [0.29, 0.717) is 16.8 Å². The molecule has 1 N–H and O–H groups in total. The first kappa shape index (κ1) is 21.0. The number of hydrogen-bond donors (Lipinski definition) is 1. The molecule has 0 saturated heterocycles. The molecular formula is C23H15F3N4O2. The summed E-state index contributed by atoms with van der Waals surface area (Å²) in [5.74, 6) is -1.00. The van der Waals surface area contributed by atoms with E-state index in [4.69, 9.17) is 4.74 Å². The van der Waals surface area contributed by atoms with Gasteiger partial charge in [-0.2, -0.15) is 18.2 Å². The molecule has 0 aliphatic carbocycles. The fourth-order valence-electron chi connectivity index (χ4n) is 2.87. The molecule has 6 nitrogen and oxygen atoms in total. The molecule has 0 bridgehead atoms.